The molecule has 0 aliphatic carbocycles. The van der Waals surface area contributed by atoms with Crippen LogP contribution in [-0.2, 0) is 6.54 Å². The number of halogens is 1. The molecular weight excluding hydrogens is 369 g/mol. The van der Waals surface area contributed by atoms with Crippen LogP contribution in [0.15, 0.2) is 66.9 Å². The Morgan fingerprint density at radius 3 is 2.69 bits per heavy atom. The molecule has 0 radical (unpaired) electrons. The zero-order valence-electron chi connectivity index (χ0n) is 16.1. The number of fused-ring (bicyclic) bond motifs is 1. The molecule has 0 aliphatic heterocycles. The van der Waals surface area contributed by atoms with Gasteiger partial charge in [0, 0.05) is 19.2 Å². The molecule has 0 fully saturated rings. The van der Waals surface area contributed by atoms with Crippen molar-refractivity contribution in [3.63, 3.8) is 0 Å². The van der Waals surface area contributed by atoms with Crippen LogP contribution in [0, 0.1) is 12.7 Å². The number of hydrogen-bond acceptors (Lipinski definition) is 4. The Labute approximate surface area is 167 Å². The zero-order valence-corrected chi connectivity index (χ0v) is 16.1. The molecule has 29 heavy (non-hydrogen) atoms. The summed E-state index contributed by atoms with van der Waals surface area (Å²) in [5.74, 6) is -0.757. The Balaban J connectivity index is 1.57. The number of nitrogens with one attached hydrogen (secondary N) is 1. The van der Waals surface area contributed by atoms with Crippen molar-refractivity contribution in [1.82, 2.24) is 14.6 Å². The lowest BCUT2D eigenvalue weighted by Crippen LogP contribution is -2.17. The molecule has 0 saturated heterocycles. The third-order valence-electron chi connectivity index (χ3n) is 4.62. The summed E-state index contributed by atoms with van der Waals surface area (Å²) in [6, 6.07) is 17.7. The van der Waals surface area contributed by atoms with Gasteiger partial charge >= 0.3 is 0 Å². The van der Waals surface area contributed by atoms with Crippen LogP contribution in [0.1, 0.15) is 21.5 Å². The number of pyridine rings is 1. The van der Waals surface area contributed by atoms with Gasteiger partial charge in [-0.1, -0.05) is 36.4 Å². The fourth-order valence-electron chi connectivity index (χ4n) is 3.14. The molecule has 7 heteroatoms. The van der Waals surface area contributed by atoms with Gasteiger partial charge < -0.3 is 4.90 Å². The third kappa shape index (κ3) is 4.08. The van der Waals surface area contributed by atoms with Crippen LogP contribution in [0.2, 0.25) is 0 Å². The normalized spacial score (nSPS) is 10.9. The molecule has 1 amide bonds. The Morgan fingerprint density at radius 2 is 1.93 bits per heavy atom. The maximum Gasteiger partial charge on any atom is 0.258 e. The second-order valence-electron chi connectivity index (χ2n) is 6.89. The standard InChI is InChI=1S/C22H20FN5O/c1-15-11-19(27(2)13-16-7-4-3-5-8-16)14-28-20(15)24-22(26-28)25-21(29)17-9-6-10-18(23)12-17/h3-12,14H,13H2,1-2H3,(H,25,26,29). The lowest BCUT2D eigenvalue weighted by molar-refractivity contribution is 0.102. The van der Waals surface area contributed by atoms with E-state index in [1.165, 1.54) is 29.8 Å². The molecule has 0 bridgehead atoms. The largest absolute Gasteiger partial charge is 0.369 e. The summed E-state index contributed by atoms with van der Waals surface area (Å²) in [5.41, 5.74) is 3.97. The van der Waals surface area contributed by atoms with E-state index >= 15 is 0 Å². The molecular formula is C22H20FN5O. The molecule has 0 aliphatic rings. The molecule has 1 N–H and O–H groups in total. The third-order valence-corrected chi connectivity index (χ3v) is 4.62. The molecule has 2 aromatic heterocycles. The second kappa shape index (κ2) is 7.71. The fourth-order valence-corrected chi connectivity index (χ4v) is 3.14. The number of amides is 1. The van der Waals surface area contributed by atoms with E-state index in [1.54, 1.807) is 4.52 Å². The number of aromatic nitrogens is 3. The van der Waals surface area contributed by atoms with Gasteiger partial charge in [0.05, 0.1) is 11.9 Å². The van der Waals surface area contributed by atoms with Gasteiger partial charge in [-0.25, -0.2) is 8.91 Å². The number of aryl methyl sites for hydroxylation is 1. The SMILES string of the molecule is Cc1cc(N(C)Cc2ccccc2)cn2nc(NC(=O)c3cccc(F)c3)nc12. The minimum absolute atomic E-state index is 0.172. The van der Waals surface area contributed by atoms with Gasteiger partial charge in [0.2, 0.25) is 5.95 Å². The van der Waals surface area contributed by atoms with Crippen LogP contribution in [0.4, 0.5) is 16.0 Å². The second-order valence-corrected chi connectivity index (χ2v) is 6.89. The summed E-state index contributed by atoms with van der Waals surface area (Å²) >= 11 is 0. The topological polar surface area (TPSA) is 62.5 Å². The number of rotatable bonds is 5. The first-order valence-corrected chi connectivity index (χ1v) is 9.18. The fraction of sp³-hybridized carbons (Fsp3) is 0.136. The van der Waals surface area contributed by atoms with Crippen LogP contribution in [0.5, 0.6) is 0 Å². The van der Waals surface area contributed by atoms with Crippen molar-refractivity contribution in [2.45, 2.75) is 13.5 Å². The molecule has 4 aromatic rings. The predicted octanol–water partition coefficient (Wildman–Crippen LogP) is 4.07. The van der Waals surface area contributed by atoms with Gasteiger partial charge in [0.25, 0.3) is 5.91 Å². The summed E-state index contributed by atoms with van der Waals surface area (Å²) in [4.78, 5) is 18.8. The lowest BCUT2D eigenvalue weighted by atomic mass is 10.2. The van der Waals surface area contributed by atoms with Gasteiger partial charge in [0.15, 0.2) is 5.65 Å². The van der Waals surface area contributed by atoms with E-state index < -0.39 is 11.7 Å². The van der Waals surface area contributed by atoms with Crippen molar-refractivity contribution >= 4 is 23.2 Å². The quantitative estimate of drug-likeness (QED) is 0.559. The Hall–Kier alpha value is -3.74. The monoisotopic (exact) mass is 389 g/mol. The van der Waals surface area contributed by atoms with Crippen molar-refractivity contribution in [1.29, 1.82) is 0 Å². The number of hydrogen-bond donors (Lipinski definition) is 1. The van der Waals surface area contributed by atoms with Crippen molar-refractivity contribution in [3.05, 3.63) is 89.4 Å². The first kappa shape index (κ1) is 18.6. The lowest BCUT2D eigenvalue weighted by Gasteiger charge is -2.20. The summed E-state index contributed by atoms with van der Waals surface area (Å²) in [6.45, 7) is 2.70. The molecule has 0 atom stereocenters. The average molecular weight is 389 g/mol. The van der Waals surface area contributed by atoms with E-state index in [9.17, 15) is 9.18 Å². The van der Waals surface area contributed by atoms with E-state index in [4.69, 9.17) is 0 Å². The highest BCUT2D eigenvalue weighted by Gasteiger charge is 2.13. The highest BCUT2D eigenvalue weighted by Crippen LogP contribution is 2.21. The van der Waals surface area contributed by atoms with E-state index in [1.807, 2.05) is 44.4 Å². The number of anilines is 2. The highest BCUT2D eigenvalue weighted by atomic mass is 19.1. The predicted molar refractivity (Wildman–Crippen MR) is 111 cm³/mol. The van der Waals surface area contributed by atoms with E-state index in [0.29, 0.717) is 5.65 Å². The van der Waals surface area contributed by atoms with Gasteiger partial charge in [-0.2, -0.15) is 4.98 Å². The Kier molecular flexibility index (Phi) is 4.95. The van der Waals surface area contributed by atoms with Crippen molar-refractivity contribution in [2.75, 3.05) is 17.3 Å². The number of carbonyl (C=O) groups excluding carboxylic acids is 1. The van der Waals surface area contributed by atoms with Crippen molar-refractivity contribution < 1.29 is 9.18 Å². The van der Waals surface area contributed by atoms with Crippen LogP contribution in [0.3, 0.4) is 0 Å². The number of nitrogens with zero attached hydrogens (tertiary/aromatic N) is 4. The zero-order chi connectivity index (χ0) is 20.4. The van der Waals surface area contributed by atoms with Crippen molar-refractivity contribution in [2.24, 2.45) is 0 Å². The number of benzene rings is 2. The van der Waals surface area contributed by atoms with Crippen LogP contribution < -0.4 is 10.2 Å². The van der Waals surface area contributed by atoms with Crippen LogP contribution in [-0.4, -0.2) is 27.6 Å². The molecule has 6 nitrogen and oxygen atoms in total. The van der Waals surface area contributed by atoms with Gasteiger partial charge in [0.1, 0.15) is 5.82 Å². The molecule has 146 valence electrons. The first-order valence-electron chi connectivity index (χ1n) is 9.18. The molecule has 0 spiro atoms. The van der Waals surface area contributed by atoms with Gasteiger partial charge in [-0.3, -0.25) is 10.1 Å². The van der Waals surface area contributed by atoms with Gasteiger partial charge in [-0.15, -0.1) is 5.10 Å². The van der Waals surface area contributed by atoms with E-state index in [0.717, 1.165) is 17.8 Å². The minimum Gasteiger partial charge on any atom is -0.369 e. The Bertz CT molecular complexity index is 1170. The Morgan fingerprint density at radius 1 is 1.14 bits per heavy atom. The highest BCUT2D eigenvalue weighted by molar-refractivity contribution is 6.03. The summed E-state index contributed by atoms with van der Waals surface area (Å²) < 4.78 is 15.0. The smallest absolute Gasteiger partial charge is 0.258 e. The van der Waals surface area contributed by atoms with Crippen LogP contribution in [0.25, 0.3) is 5.65 Å². The minimum atomic E-state index is -0.470. The van der Waals surface area contributed by atoms with Crippen molar-refractivity contribution in [3.8, 4) is 0 Å². The molecule has 4 rings (SSSR count). The summed E-state index contributed by atoms with van der Waals surface area (Å²) in [5, 5.41) is 6.99. The summed E-state index contributed by atoms with van der Waals surface area (Å²) in [6.07, 6.45) is 1.87. The molecule has 2 aromatic carbocycles. The average Bonchev–Trinajstić information content (AvgIpc) is 3.11. The molecule has 2 heterocycles. The van der Waals surface area contributed by atoms with E-state index in [2.05, 4.69) is 32.4 Å². The maximum absolute atomic E-state index is 13.3. The first-order chi connectivity index (χ1) is 14.0. The van der Waals surface area contributed by atoms with Gasteiger partial charge in [-0.05, 0) is 42.3 Å². The molecule has 0 saturated carbocycles. The molecule has 0 unspecified atom stereocenters. The van der Waals surface area contributed by atoms with Crippen LogP contribution >= 0.6 is 0 Å². The maximum atomic E-state index is 13.3. The van der Waals surface area contributed by atoms with E-state index in [-0.39, 0.29) is 11.5 Å². The number of carbonyl (C=O) groups is 1. The summed E-state index contributed by atoms with van der Waals surface area (Å²) in [7, 11) is 2.01.